The van der Waals surface area contributed by atoms with Gasteiger partial charge in [-0.05, 0) is 128 Å². The molecule has 6 heteroatoms. The van der Waals surface area contributed by atoms with Crippen LogP contribution in [-0.2, 0) is 28.6 Å². The number of ether oxygens (including phenoxy) is 3. The second-order valence-electron chi connectivity index (χ2n) is 17.0. The van der Waals surface area contributed by atoms with Crippen LogP contribution in [0.25, 0.3) is 0 Å². The molecule has 1 unspecified atom stereocenters. The Kier molecular flexibility index (Phi) is 51.1. The molecule has 0 fully saturated rings. The molecule has 0 saturated heterocycles. The summed E-state index contributed by atoms with van der Waals surface area (Å²) in [5, 5.41) is 0. The summed E-state index contributed by atoms with van der Waals surface area (Å²) in [6.07, 6.45) is 78.4. The van der Waals surface area contributed by atoms with Crippen molar-refractivity contribution in [2.45, 2.75) is 213 Å². The van der Waals surface area contributed by atoms with Crippen LogP contribution in [0.15, 0.2) is 146 Å². The molecule has 0 bridgehead atoms. The summed E-state index contributed by atoms with van der Waals surface area (Å²) in [4.78, 5) is 38.0. The van der Waals surface area contributed by atoms with E-state index < -0.39 is 6.10 Å². The second kappa shape index (κ2) is 54.9. The van der Waals surface area contributed by atoms with E-state index in [0.717, 1.165) is 116 Å². The Balaban J connectivity index is 4.62. The monoisotopic (exact) mass is 937 g/mol. The van der Waals surface area contributed by atoms with Gasteiger partial charge in [-0.1, -0.05) is 205 Å². The van der Waals surface area contributed by atoms with Crippen molar-refractivity contribution in [3.63, 3.8) is 0 Å². The van der Waals surface area contributed by atoms with Crippen LogP contribution in [0.2, 0.25) is 0 Å². The Bertz CT molecular complexity index is 1540. The maximum Gasteiger partial charge on any atom is 0.306 e. The first-order chi connectivity index (χ1) is 33.5. The fourth-order valence-electron chi connectivity index (χ4n) is 6.60. The van der Waals surface area contributed by atoms with E-state index >= 15 is 0 Å². The van der Waals surface area contributed by atoms with Gasteiger partial charge >= 0.3 is 17.9 Å². The lowest BCUT2D eigenvalue weighted by Crippen LogP contribution is -2.30. The molecule has 0 rings (SSSR count). The lowest BCUT2D eigenvalue weighted by Gasteiger charge is -2.18. The predicted octanol–water partition coefficient (Wildman–Crippen LogP) is 18.0. The van der Waals surface area contributed by atoms with E-state index in [4.69, 9.17) is 14.2 Å². The first-order valence-electron chi connectivity index (χ1n) is 26.8. The van der Waals surface area contributed by atoms with E-state index in [0.29, 0.717) is 19.3 Å². The molecule has 0 N–H and O–H groups in total. The van der Waals surface area contributed by atoms with Gasteiger partial charge in [-0.2, -0.15) is 0 Å². The van der Waals surface area contributed by atoms with Gasteiger partial charge < -0.3 is 14.2 Å². The lowest BCUT2D eigenvalue weighted by molar-refractivity contribution is -0.167. The highest BCUT2D eigenvalue weighted by Gasteiger charge is 2.19. The van der Waals surface area contributed by atoms with Crippen molar-refractivity contribution in [1.82, 2.24) is 0 Å². The molecule has 0 spiro atoms. The third kappa shape index (κ3) is 52.3. The fraction of sp³-hybridized carbons (Fsp3) is 0.565. The van der Waals surface area contributed by atoms with Crippen molar-refractivity contribution in [2.75, 3.05) is 13.2 Å². The van der Waals surface area contributed by atoms with Crippen molar-refractivity contribution in [1.29, 1.82) is 0 Å². The maximum atomic E-state index is 12.8. The van der Waals surface area contributed by atoms with Gasteiger partial charge in [0.15, 0.2) is 6.10 Å². The maximum absolute atomic E-state index is 12.8. The minimum atomic E-state index is -0.842. The third-order valence-corrected chi connectivity index (χ3v) is 10.6. The molecular weight excluding hydrogens is 841 g/mol. The van der Waals surface area contributed by atoms with Gasteiger partial charge in [-0.15, -0.1) is 0 Å². The van der Waals surface area contributed by atoms with Gasteiger partial charge in [0.1, 0.15) is 13.2 Å². The molecule has 1 atom stereocenters. The number of hydrogen-bond acceptors (Lipinski definition) is 6. The summed E-state index contributed by atoms with van der Waals surface area (Å²) >= 11 is 0. The van der Waals surface area contributed by atoms with E-state index in [9.17, 15) is 14.4 Å². The van der Waals surface area contributed by atoms with Crippen molar-refractivity contribution >= 4 is 17.9 Å². The summed E-state index contributed by atoms with van der Waals surface area (Å²) in [5.41, 5.74) is 0. The van der Waals surface area contributed by atoms with Crippen LogP contribution in [-0.4, -0.2) is 37.2 Å². The van der Waals surface area contributed by atoms with E-state index in [1.54, 1.807) is 0 Å². The standard InChI is InChI=1S/C62H96O6/c1-4-7-10-13-16-19-22-25-28-31-34-37-40-43-46-49-52-55-61(64)67-58-59(57-66-60(63)54-51-48-45-42-39-36-33-30-27-24-21-18-15-12-9-6-3)68-62(65)56-53-50-47-44-41-38-35-32-29-26-23-20-17-14-11-8-5-2/h7,9-10,12,16-21,25-30,34-35,37-38,43-44,46-47,59H,4-6,8,11,13-15,22-24,31-33,36,39-42,45,48-58H2,1-3H3/b10-7-,12-9-,19-16-,20-17-,21-18-,28-25-,29-26-,30-27-,37-34-,38-35-,46-43-,47-44-. The highest BCUT2D eigenvalue weighted by Crippen LogP contribution is 2.12. The Morgan fingerprint density at radius 1 is 0.309 bits per heavy atom. The van der Waals surface area contributed by atoms with Crippen LogP contribution >= 0.6 is 0 Å². The molecule has 0 aliphatic heterocycles. The summed E-state index contributed by atoms with van der Waals surface area (Å²) in [5.74, 6) is -1.07. The van der Waals surface area contributed by atoms with Gasteiger partial charge in [0.05, 0.1) is 0 Å². The number of allylic oxidation sites excluding steroid dienone is 24. The normalized spacial score (nSPS) is 13.3. The van der Waals surface area contributed by atoms with Crippen molar-refractivity contribution in [2.24, 2.45) is 0 Å². The van der Waals surface area contributed by atoms with Crippen LogP contribution in [0.5, 0.6) is 0 Å². The minimum Gasteiger partial charge on any atom is -0.462 e. The smallest absolute Gasteiger partial charge is 0.306 e. The molecule has 0 aliphatic carbocycles. The molecule has 0 aromatic carbocycles. The van der Waals surface area contributed by atoms with E-state index in [1.165, 1.54) is 38.5 Å². The predicted molar refractivity (Wildman–Crippen MR) is 292 cm³/mol. The Morgan fingerprint density at radius 2 is 0.588 bits per heavy atom. The molecule has 0 heterocycles. The first kappa shape index (κ1) is 63.3. The molecule has 0 radical (unpaired) electrons. The van der Waals surface area contributed by atoms with Crippen molar-refractivity contribution in [3.8, 4) is 0 Å². The topological polar surface area (TPSA) is 78.9 Å². The molecule has 68 heavy (non-hydrogen) atoms. The number of carbonyl (C=O) groups is 3. The number of esters is 3. The minimum absolute atomic E-state index is 0.131. The number of rotatable bonds is 46. The summed E-state index contributed by atoms with van der Waals surface area (Å²) in [6.45, 7) is 6.26. The van der Waals surface area contributed by atoms with Crippen LogP contribution in [0.4, 0.5) is 0 Å². The van der Waals surface area contributed by atoms with Crippen molar-refractivity contribution < 1.29 is 28.6 Å². The van der Waals surface area contributed by atoms with Crippen molar-refractivity contribution in [3.05, 3.63) is 146 Å². The molecular formula is C62H96O6. The Hall–Kier alpha value is -4.71. The molecule has 0 aromatic rings. The number of hydrogen-bond donors (Lipinski definition) is 0. The fourth-order valence-corrected chi connectivity index (χ4v) is 6.60. The average molecular weight is 937 g/mol. The van der Waals surface area contributed by atoms with E-state index in [2.05, 4.69) is 167 Å². The van der Waals surface area contributed by atoms with Crippen LogP contribution in [0.1, 0.15) is 207 Å². The zero-order chi connectivity index (χ0) is 49.3. The van der Waals surface area contributed by atoms with Crippen LogP contribution in [0, 0.1) is 0 Å². The van der Waals surface area contributed by atoms with E-state index in [-0.39, 0.29) is 44.0 Å². The second-order valence-corrected chi connectivity index (χ2v) is 17.0. The Labute approximate surface area is 417 Å². The highest BCUT2D eigenvalue weighted by molar-refractivity contribution is 5.71. The average Bonchev–Trinajstić information content (AvgIpc) is 3.34. The van der Waals surface area contributed by atoms with Gasteiger partial charge in [0.25, 0.3) is 0 Å². The van der Waals surface area contributed by atoms with Gasteiger partial charge in [0.2, 0.25) is 0 Å². The van der Waals surface area contributed by atoms with Gasteiger partial charge in [0, 0.05) is 19.3 Å². The highest BCUT2D eigenvalue weighted by atomic mass is 16.6. The molecule has 380 valence electrons. The summed E-state index contributed by atoms with van der Waals surface area (Å²) in [6, 6.07) is 0. The molecule has 0 aliphatic rings. The summed E-state index contributed by atoms with van der Waals surface area (Å²) in [7, 11) is 0. The molecule has 0 amide bonds. The largest absolute Gasteiger partial charge is 0.462 e. The van der Waals surface area contributed by atoms with Crippen LogP contribution < -0.4 is 0 Å². The zero-order valence-electron chi connectivity index (χ0n) is 43.3. The number of unbranched alkanes of at least 4 members (excludes halogenated alkanes) is 11. The van der Waals surface area contributed by atoms with E-state index in [1.807, 2.05) is 0 Å². The van der Waals surface area contributed by atoms with Gasteiger partial charge in [-0.3, -0.25) is 14.4 Å². The molecule has 6 nitrogen and oxygen atoms in total. The summed E-state index contributed by atoms with van der Waals surface area (Å²) < 4.78 is 16.7. The zero-order valence-corrected chi connectivity index (χ0v) is 43.3. The van der Waals surface area contributed by atoms with Crippen LogP contribution in [0.3, 0.4) is 0 Å². The third-order valence-electron chi connectivity index (χ3n) is 10.6. The van der Waals surface area contributed by atoms with Gasteiger partial charge in [-0.25, -0.2) is 0 Å². The molecule has 0 aromatic heterocycles. The number of carbonyl (C=O) groups excluding carboxylic acids is 3. The Morgan fingerprint density at radius 3 is 0.956 bits per heavy atom. The molecule has 0 saturated carbocycles. The SMILES string of the molecule is CC/C=C\C/C=C\C/C=C\C/C=C\C/C=C\CCCC(=O)OCC(COC(=O)CCCCCCCC/C=C\C/C=C\C/C=C\CC)OC(=O)CCC/C=C\C/C=C\C/C=C\C/C=C\CCCCC. The quantitative estimate of drug-likeness (QED) is 0.0262. The first-order valence-corrected chi connectivity index (χ1v) is 26.8. The lowest BCUT2D eigenvalue weighted by atomic mass is 10.1.